The van der Waals surface area contributed by atoms with Gasteiger partial charge in [-0.15, -0.1) is 0 Å². The summed E-state index contributed by atoms with van der Waals surface area (Å²) in [5, 5.41) is 0.773. The summed E-state index contributed by atoms with van der Waals surface area (Å²) in [5.41, 5.74) is 0. The number of hydrogen-bond donors (Lipinski definition) is 0. The van der Waals surface area contributed by atoms with Crippen LogP contribution in [-0.2, 0) is 0 Å². The molecule has 0 fully saturated rings. The third-order valence-corrected chi connectivity index (χ3v) is 1.31. The van der Waals surface area contributed by atoms with E-state index in [1.165, 1.54) is 12.8 Å². The summed E-state index contributed by atoms with van der Waals surface area (Å²) in [4.78, 5) is 0. The summed E-state index contributed by atoms with van der Waals surface area (Å²) in [5.74, 6) is 0. The molecule has 0 N–H and O–H groups in total. The van der Waals surface area contributed by atoms with E-state index >= 15 is 0 Å². The third kappa shape index (κ3) is 5.63. The van der Waals surface area contributed by atoms with Gasteiger partial charge >= 0.3 is 0 Å². The van der Waals surface area contributed by atoms with Crippen LogP contribution in [0.2, 0.25) is 0 Å². The average molecular weight is 153 g/mol. The number of unbranched alkanes of at least 4 members (excludes halogenated alkanes) is 1. The molecule has 0 unspecified atom stereocenters. The first kappa shape index (κ1) is 9.50. The standard InChI is InChI=1S/C4H3OSi.C4H10/c6-4-2-1-3-5-4;1-3-4-2/h1-3H;3-4H2,1-2H3. The fraction of sp³-hybridized carbons (Fsp3) is 0.500. The monoisotopic (exact) mass is 153 g/mol. The minimum absolute atomic E-state index is 0.773. The van der Waals surface area contributed by atoms with E-state index in [1.54, 1.807) is 6.26 Å². The van der Waals surface area contributed by atoms with Crippen LogP contribution in [0.3, 0.4) is 0 Å². The summed E-state index contributed by atoms with van der Waals surface area (Å²) in [6, 6.07) is 3.65. The fourth-order valence-corrected chi connectivity index (χ4v) is 0.443. The maximum absolute atomic E-state index is 4.75. The number of rotatable bonds is 1. The highest BCUT2D eigenvalue weighted by Gasteiger charge is 1.76. The Hall–Kier alpha value is -0.503. The Labute approximate surface area is 65.9 Å². The van der Waals surface area contributed by atoms with Crippen LogP contribution in [0.25, 0.3) is 0 Å². The van der Waals surface area contributed by atoms with Crippen molar-refractivity contribution in [2.45, 2.75) is 26.7 Å². The van der Waals surface area contributed by atoms with Gasteiger partial charge in [0.25, 0.3) is 0 Å². The molecule has 0 saturated heterocycles. The Morgan fingerprint density at radius 2 is 2.00 bits per heavy atom. The molecule has 10 heavy (non-hydrogen) atoms. The van der Waals surface area contributed by atoms with E-state index in [4.69, 9.17) is 4.42 Å². The van der Waals surface area contributed by atoms with Crippen molar-refractivity contribution in [3.8, 4) is 0 Å². The van der Waals surface area contributed by atoms with Gasteiger partial charge in [0.05, 0.1) is 11.6 Å². The highest BCUT2D eigenvalue weighted by atomic mass is 28.1. The first-order valence-electron chi connectivity index (χ1n) is 3.56. The van der Waals surface area contributed by atoms with E-state index in [-0.39, 0.29) is 0 Å². The fourth-order valence-electron chi connectivity index (χ4n) is 0.279. The smallest absolute Gasteiger partial charge is 0.126 e. The first-order valence-corrected chi connectivity index (χ1v) is 4.06. The van der Waals surface area contributed by atoms with Gasteiger partial charge in [-0.2, -0.15) is 0 Å². The summed E-state index contributed by atoms with van der Waals surface area (Å²) >= 11 is 0. The SMILES string of the molecule is CCCC.[Si]c1ccco1. The molecule has 55 valence electrons. The Bertz CT molecular complexity index is 133. The van der Waals surface area contributed by atoms with Gasteiger partial charge in [0.15, 0.2) is 0 Å². The van der Waals surface area contributed by atoms with Gasteiger partial charge in [-0.1, -0.05) is 26.7 Å². The van der Waals surface area contributed by atoms with Crippen LogP contribution in [0, 0.1) is 0 Å². The predicted molar refractivity (Wildman–Crippen MR) is 44.7 cm³/mol. The van der Waals surface area contributed by atoms with Crippen LogP contribution in [0.1, 0.15) is 26.7 Å². The lowest BCUT2D eigenvalue weighted by atomic mass is 10.4. The quantitative estimate of drug-likeness (QED) is 0.561. The molecule has 1 heterocycles. The summed E-state index contributed by atoms with van der Waals surface area (Å²) in [7, 11) is 3.16. The Morgan fingerprint density at radius 3 is 2.10 bits per heavy atom. The zero-order chi connectivity index (χ0) is 7.82. The summed E-state index contributed by atoms with van der Waals surface area (Å²) < 4.78 is 4.75. The Balaban J connectivity index is 0.000000180. The molecule has 1 nitrogen and oxygen atoms in total. The van der Waals surface area contributed by atoms with Crippen molar-refractivity contribution in [2.75, 3.05) is 0 Å². The molecule has 1 aromatic heterocycles. The van der Waals surface area contributed by atoms with Crippen LogP contribution in [0.15, 0.2) is 22.8 Å². The molecule has 3 radical (unpaired) electrons. The van der Waals surface area contributed by atoms with E-state index in [0.29, 0.717) is 0 Å². The molecule has 0 aromatic carbocycles. The van der Waals surface area contributed by atoms with E-state index in [1.807, 2.05) is 12.1 Å². The van der Waals surface area contributed by atoms with Crippen molar-refractivity contribution < 1.29 is 4.42 Å². The highest BCUT2D eigenvalue weighted by molar-refractivity contribution is 6.29. The van der Waals surface area contributed by atoms with Crippen LogP contribution in [0.4, 0.5) is 0 Å². The molecule has 0 spiro atoms. The molecule has 0 atom stereocenters. The Kier molecular flexibility index (Phi) is 6.28. The van der Waals surface area contributed by atoms with Gasteiger partial charge in [-0.3, -0.25) is 0 Å². The minimum Gasteiger partial charge on any atom is -0.475 e. The van der Waals surface area contributed by atoms with Crippen molar-refractivity contribution >= 4 is 15.6 Å². The molecule has 0 saturated carbocycles. The third-order valence-electron chi connectivity index (χ3n) is 1.02. The molecule has 0 aliphatic heterocycles. The van der Waals surface area contributed by atoms with E-state index in [2.05, 4.69) is 24.1 Å². The van der Waals surface area contributed by atoms with Gasteiger partial charge in [0.1, 0.15) is 10.2 Å². The molecule has 1 rings (SSSR count). The number of hydrogen-bond acceptors (Lipinski definition) is 1. The summed E-state index contributed by atoms with van der Waals surface area (Å²) in [6.07, 6.45) is 4.25. The largest absolute Gasteiger partial charge is 0.475 e. The second-order valence-electron chi connectivity index (χ2n) is 1.98. The highest BCUT2D eigenvalue weighted by Crippen LogP contribution is 1.76. The molecular weight excluding hydrogens is 140 g/mol. The van der Waals surface area contributed by atoms with Gasteiger partial charge < -0.3 is 4.42 Å². The van der Waals surface area contributed by atoms with Crippen molar-refractivity contribution in [3.05, 3.63) is 18.4 Å². The normalized spacial score (nSPS) is 8.30. The first-order chi connectivity index (χ1) is 4.81. The maximum Gasteiger partial charge on any atom is 0.126 e. The van der Waals surface area contributed by atoms with Crippen LogP contribution in [0.5, 0.6) is 0 Å². The van der Waals surface area contributed by atoms with Gasteiger partial charge in [-0.25, -0.2) is 0 Å². The molecule has 0 aliphatic carbocycles. The van der Waals surface area contributed by atoms with E-state index in [9.17, 15) is 0 Å². The van der Waals surface area contributed by atoms with Crippen LogP contribution < -0.4 is 5.38 Å². The molecule has 0 amide bonds. The Morgan fingerprint density at radius 1 is 1.40 bits per heavy atom. The van der Waals surface area contributed by atoms with Gasteiger partial charge in [-0.05, 0) is 12.1 Å². The molecule has 2 heteroatoms. The second-order valence-corrected chi connectivity index (χ2v) is 2.47. The van der Waals surface area contributed by atoms with Crippen molar-refractivity contribution in [1.82, 2.24) is 0 Å². The van der Waals surface area contributed by atoms with Crippen molar-refractivity contribution in [1.29, 1.82) is 0 Å². The lowest BCUT2D eigenvalue weighted by molar-refractivity contribution is 0.602. The molecular formula is C8H13OSi. The topological polar surface area (TPSA) is 13.1 Å². The van der Waals surface area contributed by atoms with Gasteiger partial charge in [0, 0.05) is 0 Å². The predicted octanol–water partition coefficient (Wildman–Crippen LogP) is 1.88. The molecule has 1 aromatic rings. The zero-order valence-corrected chi connectivity index (χ0v) is 7.55. The van der Waals surface area contributed by atoms with Crippen molar-refractivity contribution in [2.24, 2.45) is 0 Å². The van der Waals surface area contributed by atoms with Crippen molar-refractivity contribution in [3.63, 3.8) is 0 Å². The lowest BCUT2D eigenvalue weighted by Crippen LogP contribution is -1.92. The lowest BCUT2D eigenvalue weighted by Gasteiger charge is -1.68. The van der Waals surface area contributed by atoms with Crippen LogP contribution in [-0.4, -0.2) is 10.2 Å². The summed E-state index contributed by atoms with van der Waals surface area (Å²) in [6.45, 7) is 4.36. The molecule has 0 bridgehead atoms. The van der Waals surface area contributed by atoms with E-state index < -0.39 is 0 Å². The zero-order valence-electron chi connectivity index (χ0n) is 6.55. The minimum atomic E-state index is 0.773. The van der Waals surface area contributed by atoms with Crippen LogP contribution >= 0.6 is 0 Å². The number of furan rings is 1. The molecule has 0 aliphatic rings. The maximum atomic E-state index is 4.75. The van der Waals surface area contributed by atoms with Gasteiger partial charge in [0.2, 0.25) is 0 Å². The van der Waals surface area contributed by atoms with E-state index in [0.717, 1.165) is 5.38 Å². The average Bonchev–Trinajstić information content (AvgIpc) is 2.40. The second kappa shape index (κ2) is 6.61.